The summed E-state index contributed by atoms with van der Waals surface area (Å²) >= 11 is 0. The zero-order valence-corrected chi connectivity index (χ0v) is 15.7. The Hall–Kier alpha value is -0.0800. The van der Waals surface area contributed by atoms with Gasteiger partial charge in [-0.05, 0) is 52.9 Å². The molecule has 2 nitrogen and oxygen atoms in total. The van der Waals surface area contributed by atoms with Crippen LogP contribution >= 0.6 is 0 Å². The smallest absolute Gasteiger partial charge is 0.0865 e. The standard InChI is InChI=1S/C19H42NO/c1-7-12-17(4)20(15-10-11-16-21,18(5)13-8-2)19(6)14-9-3/h17-19,21H,7-16H2,1-6H3/q+1. The van der Waals surface area contributed by atoms with Crippen molar-refractivity contribution in [3.05, 3.63) is 0 Å². The zero-order chi connectivity index (χ0) is 16.3. The number of rotatable bonds is 13. The van der Waals surface area contributed by atoms with Crippen LogP contribution in [0.15, 0.2) is 0 Å². The van der Waals surface area contributed by atoms with Crippen molar-refractivity contribution < 1.29 is 9.59 Å². The van der Waals surface area contributed by atoms with Crippen molar-refractivity contribution in [1.29, 1.82) is 0 Å². The number of hydrogen-bond acceptors (Lipinski definition) is 1. The molecule has 2 heteroatoms. The summed E-state index contributed by atoms with van der Waals surface area (Å²) in [5, 5.41) is 9.18. The van der Waals surface area contributed by atoms with Crippen molar-refractivity contribution in [2.75, 3.05) is 13.2 Å². The second kappa shape index (κ2) is 11.5. The lowest BCUT2D eigenvalue weighted by Gasteiger charge is -2.53. The number of nitrogens with zero attached hydrogens (tertiary/aromatic N) is 1. The molecule has 0 rings (SSSR count). The van der Waals surface area contributed by atoms with Crippen LogP contribution in [0.1, 0.15) is 92.9 Å². The van der Waals surface area contributed by atoms with Crippen LogP contribution in [0.4, 0.5) is 0 Å². The molecule has 0 radical (unpaired) electrons. The van der Waals surface area contributed by atoms with E-state index >= 15 is 0 Å². The van der Waals surface area contributed by atoms with Gasteiger partial charge in [0.1, 0.15) is 0 Å². The van der Waals surface area contributed by atoms with E-state index in [0.717, 1.165) is 31.0 Å². The predicted molar refractivity (Wildman–Crippen MR) is 94.6 cm³/mol. The molecule has 0 saturated carbocycles. The molecule has 0 bridgehead atoms. The maximum absolute atomic E-state index is 9.18. The van der Waals surface area contributed by atoms with E-state index in [1.807, 2.05) is 0 Å². The van der Waals surface area contributed by atoms with Gasteiger partial charge >= 0.3 is 0 Å². The van der Waals surface area contributed by atoms with Crippen LogP contribution in [-0.4, -0.2) is 40.9 Å². The molecular formula is C19H42NO+. The molecule has 0 aromatic carbocycles. The van der Waals surface area contributed by atoms with Crippen LogP contribution in [0.3, 0.4) is 0 Å². The maximum Gasteiger partial charge on any atom is 0.0865 e. The van der Waals surface area contributed by atoms with E-state index in [9.17, 15) is 5.11 Å². The molecule has 0 amide bonds. The normalized spacial score (nSPS) is 19.0. The first-order valence-corrected chi connectivity index (χ1v) is 9.49. The molecule has 0 aliphatic carbocycles. The van der Waals surface area contributed by atoms with E-state index in [2.05, 4.69) is 41.5 Å². The first-order valence-electron chi connectivity index (χ1n) is 9.49. The summed E-state index contributed by atoms with van der Waals surface area (Å²) < 4.78 is 1.27. The molecule has 0 heterocycles. The van der Waals surface area contributed by atoms with Gasteiger partial charge in [0.15, 0.2) is 0 Å². The zero-order valence-electron chi connectivity index (χ0n) is 15.7. The Bertz CT molecular complexity index is 210. The molecule has 0 saturated heterocycles. The Balaban J connectivity index is 5.34. The highest BCUT2D eigenvalue weighted by molar-refractivity contribution is 4.68. The Morgan fingerprint density at radius 2 is 1.10 bits per heavy atom. The molecule has 0 aromatic rings. The van der Waals surface area contributed by atoms with Crippen LogP contribution in [-0.2, 0) is 0 Å². The van der Waals surface area contributed by atoms with Crippen molar-refractivity contribution in [3.8, 4) is 0 Å². The molecule has 0 aromatic heterocycles. The van der Waals surface area contributed by atoms with Crippen LogP contribution in [0.2, 0.25) is 0 Å². The predicted octanol–water partition coefficient (Wildman–Crippen LogP) is 5.14. The van der Waals surface area contributed by atoms with Crippen LogP contribution in [0.25, 0.3) is 0 Å². The summed E-state index contributed by atoms with van der Waals surface area (Å²) in [6.45, 7) is 15.9. The first kappa shape index (κ1) is 20.9. The van der Waals surface area contributed by atoms with Crippen molar-refractivity contribution >= 4 is 0 Å². The number of unbranched alkanes of at least 4 members (excludes halogenated alkanes) is 1. The molecule has 21 heavy (non-hydrogen) atoms. The molecule has 3 atom stereocenters. The molecular weight excluding hydrogens is 258 g/mol. The van der Waals surface area contributed by atoms with Crippen molar-refractivity contribution in [3.63, 3.8) is 0 Å². The first-order chi connectivity index (χ1) is 10.0. The third-order valence-electron chi connectivity index (χ3n) is 5.53. The molecule has 3 unspecified atom stereocenters. The number of quaternary nitrogens is 1. The van der Waals surface area contributed by atoms with Crippen LogP contribution < -0.4 is 0 Å². The van der Waals surface area contributed by atoms with Gasteiger partial charge < -0.3 is 9.59 Å². The lowest BCUT2D eigenvalue weighted by atomic mass is 9.94. The van der Waals surface area contributed by atoms with Gasteiger partial charge in [-0.1, -0.05) is 40.0 Å². The van der Waals surface area contributed by atoms with Gasteiger partial charge in [0.2, 0.25) is 0 Å². The van der Waals surface area contributed by atoms with Crippen molar-refractivity contribution in [2.24, 2.45) is 0 Å². The monoisotopic (exact) mass is 300 g/mol. The lowest BCUT2D eigenvalue weighted by Crippen LogP contribution is -2.64. The highest BCUT2D eigenvalue weighted by Gasteiger charge is 2.42. The minimum absolute atomic E-state index is 0.340. The van der Waals surface area contributed by atoms with E-state index in [0.29, 0.717) is 6.61 Å². The summed E-state index contributed by atoms with van der Waals surface area (Å²) in [5.74, 6) is 0. The Morgan fingerprint density at radius 3 is 1.38 bits per heavy atom. The highest BCUT2D eigenvalue weighted by Crippen LogP contribution is 2.32. The number of aliphatic hydroxyl groups excluding tert-OH is 1. The van der Waals surface area contributed by atoms with Gasteiger partial charge in [0.05, 0.1) is 24.7 Å². The van der Waals surface area contributed by atoms with E-state index in [4.69, 9.17) is 0 Å². The maximum atomic E-state index is 9.18. The highest BCUT2D eigenvalue weighted by atomic mass is 16.2. The van der Waals surface area contributed by atoms with E-state index < -0.39 is 0 Å². The Morgan fingerprint density at radius 1 is 0.714 bits per heavy atom. The third kappa shape index (κ3) is 5.90. The Kier molecular flexibility index (Phi) is 11.4. The second-order valence-corrected chi connectivity index (χ2v) is 7.06. The van der Waals surface area contributed by atoms with Gasteiger partial charge in [-0.3, -0.25) is 0 Å². The SMILES string of the molecule is CCCC(C)[N+](CCCCO)(C(C)CCC)C(C)CCC. The van der Waals surface area contributed by atoms with Crippen molar-refractivity contribution in [1.82, 2.24) is 0 Å². The van der Waals surface area contributed by atoms with Crippen molar-refractivity contribution in [2.45, 2.75) is 111 Å². The topological polar surface area (TPSA) is 20.2 Å². The van der Waals surface area contributed by atoms with Gasteiger partial charge in [-0.2, -0.15) is 0 Å². The summed E-state index contributed by atoms with van der Waals surface area (Å²) in [4.78, 5) is 0. The van der Waals surface area contributed by atoms with Gasteiger partial charge in [-0.15, -0.1) is 0 Å². The van der Waals surface area contributed by atoms with Crippen LogP contribution in [0, 0.1) is 0 Å². The second-order valence-electron chi connectivity index (χ2n) is 7.06. The third-order valence-corrected chi connectivity index (χ3v) is 5.53. The summed E-state index contributed by atoms with van der Waals surface area (Å²) in [6.07, 6.45) is 9.91. The number of hydrogen-bond donors (Lipinski definition) is 1. The van der Waals surface area contributed by atoms with Gasteiger partial charge in [-0.25, -0.2) is 0 Å². The van der Waals surface area contributed by atoms with Crippen LogP contribution in [0.5, 0.6) is 0 Å². The average Bonchev–Trinajstić information content (AvgIpc) is 2.44. The average molecular weight is 301 g/mol. The largest absolute Gasteiger partial charge is 0.396 e. The fraction of sp³-hybridized carbons (Fsp3) is 1.00. The summed E-state index contributed by atoms with van der Waals surface area (Å²) in [5.41, 5.74) is 0. The molecule has 0 aliphatic rings. The van der Waals surface area contributed by atoms with E-state index in [1.54, 1.807) is 0 Å². The Labute approximate surface area is 134 Å². The minimum atomic E-state index is 0.340. The summed E-state index contributed by atoms with van der Waals surface area (Å²) in [6, 6.07) is 2.20. The molecule has 0 aliphatic heterocycles. The van der Waals surface area contributed by atoms with E-state index in [1.165, 1.54) is 49.6 Å². The van der Waals surface area contributed by atoms with Gasteiger partial charge in [0, 0.05) is 6.61 Å². The molecule has 0 fully saturated rings. The number of aliphatic hydroxyl groups is 1. The molecule has 1 N–H and O–H groups in total. The fourth-order valence-corrected chi connectivity index (χ4v) is 4.44. The molecule has 0 spiro atoms. The molecule has 128 valence electrons. The van der Waals surface area contributed by atoms with Gasteiger partial charge in [0.25, 0.3) is 0 Å². The lowest BCUT2D eigenvalue weighted by molar-refractivity contribution is -0.991. The quantitative estimate of drug-likeness (QED) is 0.369. The fourth-order valence-electron chi connectivity index (χ4n) is 4.44. The summed E-state index contributed by atoms with van der Waals surface area (Å²) in [7, 11) is 0. The van der Waals surface area contributed by atoms with E-state index in [-0.39, 0.29) is 0 Å². The minimum Gasteiger partial charge on any atom is -0.396 e.